The number of hydrogen-bond donors (Lipinski definition) is 1. The van der Waals surface area contributed by atoms with Crippen molar-refractivity contribution in [3.63, 3.8) is 0 Å². The number of hydrogen-bond acceptors (Lipinski definition) is 7. The lowest BCUT2D eigenvalue weighted by molar-refractivity contribution is -0.0372. The summed E-state index contributed by atoms with van der Waals surface area (Å²) >= 11 is 2.23. The molecule has 1 amide bonds. The molecule has 2 aromatic heterocycles. The molecule has 3 aliphatic rings. The summed E-state index contributed by atoms with van der Waals surface area (Å²) in [6.07, 6.45) is 7.41. The SMILES string of the molecule is CC(C)(C)OC(=O)NC1c2ccccc2CC12CCN(c1cnc3c(I)nn(C4CCCCO4)c3n1)CC2. The third kappa shape index (κ3) is 4.85. The molecular weight excluding hydrogens is 595 g/mol. The number of nitrogens with one attached hydrogen (secondary N) is 1. The molecule has 6 rings (SSSR count). The van der Waals surface area contributed by atoms with Crippen molar-refractivity contribution in [2.45, 2.75) is 77.2 Å². The second kappa shape index (κ2) is 9.93. The zero-order chi connectivity index (χ0) is 26.5. The van der Waals surface area contributed by atoms with Gasteiger partial charge in [0, 0.05) is 25.1 Å². The van der Waals surface area contributed by atoms with Gasteiger partial charge in [-0.25, -0.2) is 19.4 Å². The number of amides is 1. The van der Waals surface area contributed by atoms with Crippen molar-refractivity contribution in [2.24, 2.45) is 5.41 Å². The van der Waals surface area contributed by atoms with Crippen molar-refractivity contribution in [3.8, 4) is 0 Å². The van der Waals surface area contributed by atoms with Gasteiger partial charge in [0.2, 0.25) is 0 Å². The van der Waals surface area contributed by atoms with E-state index >= 15 is 0 Å². The summed E-state index contributed by atoms with van der Waals surface area (Å²) in [5, 5.41) is 7.97. The standard InChI is InChI=1S/C28H35IN6O3/c1-27(2,3)38-26(36)32-23-19-9-5-4-8-18(19)16-28(23)11-13-34(14-12-28)20-17-30-22-24(29)33-35(25(22)31-20)21-10-6-7-15-37-21/h4-5,8-9,17,21,23H,6-7,10-16H2,1-3H3,(H,32,36). The Morgan fingerprint density at radius 2 is 2.00 bits per heavy atom. The van der Waals surface area contributed by atoms with Gasteiger partial charge < -0.3 is 19.7 Å². The molecule has 1 spiro atoms. The third-order valence-corrected chi connectivity index (χ3v) is 8.77. The fourth-order valence-electron chi connectivity index (χ4n) is 6.23. The van der Waals surface area contributed by atoms with Crippen LogP contribution in [0.25, 0.3) is 11.2 Å². The zero-order valence-corrected chi connectivity index (χ0v) is 24.4. The van der Waals surface area contributed by atoms with Gasteiger partial charge >= 0.3 is 6.09 Å². The van der Waals surface area contributed by atoms with E-state index < -0.39 is 5.60 Å². The van der Waals surface area contributed by atoms with Gasteiger partial charge in [-0.3, -0.25) is 0 Å². The largest absolute Gasteiger partial charge is 0.444 e. The summed E-state index contributed by atoms with van der Waals surface area (Å²) < 4.78 is 14.4. The lowest BCUT2D eigenvalue weighted by Gasteiger charge is -2.43. The molecule has 2 atom stereocenters. The van der Waals surface area contributed by atoms with Gasteiger partial charge in [0.05, 0.1) is 12.2 Å². The second-order valence-electron chi connectivity index (χ2n) is 11.8. The van der Waals surface area contributed by atoms with Crippen LogP contribution in [0.1, 0.15) is 76.3 Å². The zero-order valence-electron chi connectivity index (χ0n) is 22.2. The lowest BCUT2D eigenvalue weighted by atomic mass is 9.72. The number of anilines is 1. The van der Waals surface area contributed by atoms with Gasteiger partial charge in [0.1, 0.15) is 16.9 Å². The predicted octanol–water partition coefficient (Wildman–Crippen LogP) is 5.54. The van der Waals surface area contributed by atoms with E-state index in [1.54, 1.807) is 0 Å². The van der Waals surface area contributed by atoms with E-state index in [0.717, 1.165) is 78.9 Å². The highest BCUT2D eigenvalue weighted by molar-refractivity contribution is 14.1. The first-order valence-corrected chi connectivity index (χ1v) is 14.6. The van der Waals surface area contributed by atoms with Crippen molar-refractivity contribution in [1.29, 1.82) is 0 Å². The number of rotatable bonds is 3. The Morgan fingerprint density at radius 1 is 1.21 bits per heavy atom. The molecule has 2 unspecified atom stereocenters. The van der Waals surface area contributed by atoms with Crippen LogP contribution in [0.15, 0.2) is 30.5 Å². The minimum absolute atomic E-state index is 0.0539. The molecule has 3 aromatic rings. The van der Waals surface area contributed by atoms with E-state index in [1.165, 1.54) is 11.1 Å². The first-order valence-electron chi connectivity index (χ1n) is 13.6. The van der Waals surface area contributed by atoms with Gasteiger partial charge in [0.25, 0.3) is 0 Å². The number of halogens is 1. The molecule has 2 aliphatic heterocycles. The average Bonchev–Trinajstić information content (AvgIpc) is 3.38. The maximum atomic E-state index is 12.8. The maximum Gasteiger partial charge on any atom is 0.408 e. The summed E-state index contributed by atoms with van der Waals surface area (Å²) in [7, 11) is 0. The number of fused-ring (bicyclic) bond motifs is 2. The number of carbonyl (C=O) groups is 1. The number of alkyl carbamates (subject to hydrolysis) is 1. The molecule has 10 heteroatoms. The highest BCUT2D eigenvalue weighted by Crippen LogP contribution is 2.52. The van der Waals surface area contributed by atoms with Gasteiger partial charge in [-0.05, 0) is 93.0 Å². The van der Waals surface area contributed by atoms with Crippen LogP contribution in [-0.4, -0.2) is 51.1 Å². The van der Waals surface area contributed by atoms with E-state index in [2.05, 4.69) is 57.1 Å². The molecule has 4 heterocycles. The van der Waals surface area contributed by atoms with Crippen LogP contribution < -0.4 is 10.2 Å². The Labute approximate surface area is 236 Å². The molecule has 0 saturated carbocycles. The van der Waals surface area contributed by atoms with Gasteiger partial charge in [0.15, 0.2) is 15.6 Å². The van der Waals surface area contributed by atoms with Crippen molar-refractivity contribution in [2.75, 3.05) is 24.6 Å². The summed E-state index contributed by atoms with van der Waals surface area (Å²) in [5.41, 5.74) is 3.54. The smallest absolute Gasteiger partial charge is 0.408 e. The molecule has 38 heavy (non-hydrogen) atoms. The van der Waals surface area contributed by atoms with Crippen molar-refractivity contribution >= 4 is 45.7 Å². The Balaban J connectivity index is 1.23. The molecule has 0 radical (unpaired) electrons. The molecule has 1 aliphatic carbocycles. The lowest BCUT2D eigenvalue weighted by Crippen LogP contribution is -2.48. The minimum atomic E-state index is -0.539. The Bertz CT molecular complexity index is 1340. The normalized spacial score (nSPS) is 23.0. The molecular formula is C28H35IN6O3. The van der Waals surface area contributed by atoms with E-state index in [4.69, 9.17) is 24.5 Å². The highest BCUT2D eigenvalue weighted by atomic mass is 127. The van der Waals surface area contributed by atoms with Crippen LogP contribution in [0.5, 0.6) is 0 Å². The Kier molecular flexibility index (Phi) is 6.74. The summed E-state index contributed by atoms with van der Waals surface area (Å²) in [6.45, 7) is 8.13. The van der Waals surface area contributed by atoms with Crippen molar-refractivity contribution in [3.05, 3.63) is 45.3 Å². The number of nitrogens with zero attached hydrogens (tertiary/aromatic N) is 5. The van der Waals surface area contributed by atoms with Crippen molar-refractivity contribution < 1.29 is 14.3 Å². The quantitative estimate of drug-likeness (QED) is 0.380. The summed E-state index contributed by atoms with van der Waals surface area (Å²) in [5.74, 6) is 0.868. The van der Waals surface area contributed by atoms with Gasteiger partial charge in [-0.15, -0.1) is 0 Å². The fraction of sp³-hybridized carbons (Fsp3) is 0.571. The Hall–Kier alpha value is -2.47. The average molecular weight is 631 g/mol. The molecule has 2 saturated heterocycles. The molecule has 0 bridgehead atoms. The monoisotopic (exact) mass is 630 g/mol. The number of ether oxygens (including phenoxy) is 2. The number of aromatic nitrogens is 4. The fourth-order valence-corrected chi connectivity index (χ4v) is 6.84. The molecule has 202 valence electrons. The predicted molar refractivity (Wildman–Crippen MR) is 153 cm³/mol. The number of piperidine rings is 1. The van der Waals surface area contributed by atoms with Crippen LogP contribution in [0.2, 0.25) is 0 Å². The first-order chi connectivity index (χ1) is 18.2. The van der Waals surface area contributed by atoms with E-state index in [-0.39, 0.29) is 23.8 Å². The van der Waals surface area contributed by atoms with Crippen molar-refractivity contribution in [1.82, 2.24) is 25.1 Å². The van der Waals surface area contributed by atoms with Crippen LogP contribution in [0, 0.1) is 9.12 Å². The van der Waals surface area contributed by atoms with Crippen LogP contribution in [0.4, 0.5) is 10.6 Å². The molecule has 1 N–H and O–H groups in total. The number of benzene rings is 1. The van der Waals surface area contributed by atoms with Crippen LogP contribution in [0.3, 0.4) is 0 Å². The minimum Gasteiger partial charge on any atom is -0.444 e. The highest BCUT2D eigenvalue weighted by Gasteiger charge is 2.48. The molecule has 9 nitrogen and oxygen atoms in total. The maximum absolute atomic E-state index is 12.8. The third-order valence-electron chi connectivity index (χ3n) is 8.04. The topological polar surface area (TPSA) is 94.4 Å². The van der Waals surface area contributed by atoms with Crippen LogP contribution >= 0.6 is 22.6 Å². The molecule has 2 fully saturated rings. The first kappa shape index (κ1) is 25.8. The Morgan fingerprint density at radius 3 is 2.74 bits per heavy atom. The van der Waals surface area contributed by atoms with E-state index in [9.17, 15) is 4.79 Å². The number of carbonyl (C=O) groups excluding carboxylic acids is 1. The van der Waals surface area contributed by atoms with Gasteiger partial charge in [-0.2, -0.15) is 5.10 Å². The second-order valence-corrected chi connectivity index (χ2v) is 12.8. The van der Waals surface area contributed by atoms with E-state index in [0.29, 0.717) is 0 Å². The van der Waals surface area contributed by atoms with Gasteiger partial charge in [-0.1, -0.05) is 24.3 Å². The summed E-state index contributed by atoms with van der Waals surface area (Å²) in [4.78, 5) is 25.0. The summed E-state index contributed by atoms with van der Waals surface area (Å²) in [6, 6.07) is 8.41. The van der Waals surface area contributed by atoms with Crippen LogP contribution in [-0.2, 0) is 15.9 Å². The van der Waals surface area contributed by atoms with E-state index in [1.807, 2.05) is 31.6 Å². The molecule has 1 aromatic carbocycles.